The van der Waals surface area contributed by atoms with E-state index in [2.05, 4.69) is 25.8 Å². The second kappa shape index (κ2) is 7.28. The average Bonchev–Trinajstić information content (AvgIpc) is 2.36. The van der Waals surface area contributed by atoms with Crippen LogP contribution in [0, 0.1) is 5.92 Å². The number of hydrogen-bond acceptors (Lipinski definition) is 3. The Kier molecular flexibility index (Phi) is 6.02. The van der Waals surface area contributed by atoms with Crippen LogP contribution in [-0.4, -0.2) is 59.5 Å². The van der Waals surface area contributed by atoms with Gasteiger partial charge in [-0.05, 0) is 39.7 Å². The molecule has 0 aromatic heterocycles. The molecular formula is C14H24N2O3. The normalized spacial score (nSPS) is 17.6. The summed E-state index contributed by atoms with van der Waals surface area (Å²) in [5.41, 5.74) is 0. The van der Waals surface area contributed by atoms with Crippen LogP contribution in [0.2, 0.25) is 0 Å². The minimum absolute atomic E-state index is 0.196. The van der Waals surface area contributed by atoms with Gasteiger partial charge in [0.05, 0.1) is 0 Å². The molecule has 1 aliphatic rings. The maximum Gasteiger partial charge on any atom is 0.328 e. The van der Waals surface area contributed by atoms with E-state index in [0.29, 0.717) is 12.0 Å². The number of carbonyl (C=O) groups is 2. The Bertz CT molecular complexity index is 345. The third-order valence-electron chi connectivity index (χ3n) is 3.72. The lowest BCUT2D eigenvalue weighted by Gasteiger charge is -2.34. The molecule has 5 heteroatoms. The highest BCUT2D eigenvalue weighted by atomic mass is 16.4. The Morgan fingerprint density at radius 3 is 2.37 bits per heavy atom. The molecule has 1 aliphatic heterocycles. The Balaban J connectivity index is 2.36. The molecule has 1 rings (SSSR count). The number of aliphatic carboxylic acids is 1. The van der Waals surface area contributed by atoms with E-state index in [1.807, 2.05) is 0 Å². The van der Waals surface area contributed by atoms with Crippen LogP contribution in [0.1, 0.15) is 26.7 Å². The van der Waals surface area contributed by atoms with Gasteiger partial charge in [-0.2, -0.15) is 0 Å². The van der Waals surface area contributed by atoms with Gasteiger partial charge >= 0.3 is 5.97 Å². The minimum atomic E-state index is -1.08. The smallest absolute Gasteiger partial charge is 0.328 e. The fourth-order valence-corrected chi connectivity index (χ4v) is 2.20. The summed E-state index contributed by atoms with van der Waals surface area (Å²) in [4.78, 5) is 26.1. The second-order valence-electron chi connectivity index (χ2n) is 5.47. The molecule has 0 radical (unpaired) electrons. The van der Waals surface area contributed by atoms with Gasteiger partial charge in [-0.3, -0.25) is 4.79 Å². The highest BCUT2D eigenvalue weighted by molar-refractivity contribution is 5.93. The molecule has 108 valence electrons. The number of likely N-dealkylation sites (tertiary alicyclic amines) is 1. The van der Waals surface area contributed by atoms with Crippen LogP contribution in [0.5, 0.6) is 0 Å². The summed E-state index contributed by atoms with van der Waals surface area (Å²) in [6.07, 6.45) is 4.03. The van der Waals surface area contributed by atoms with Gasteiger partial charge in [0.25, 0.3) is 0 Å². The van der Waals surface area contributed by atoms with Crippen molar-refractivity contribution in [2.75, 3.05) is 26.7 Å². The summed E-state index contributed by atoms with van der Waals surface area (Å²) in [5.74, 6) is -0.653. The maximum atomic E-state index is 11.7. The van der Waals surface area contributed by atoms with E-state index in [9.17, 15) is 9.59 Å². The summed E-state index contributed by atoms with van der Waals surface area (Å²) in [5, 5.41) is 8.49. The average molecular weight is 268 g/mol. The van der Waals surface area contributed by atoms with Crippen molar-refractivity contribution in [3.8, 4) is 0 Å². The predicted molar refractivity (Wildman–Crippen MR) is 73.8 cm³/mol. The van der Waals surface area contributed by atoms with Crippen molar-refractivity contribution in [2.24, 2.45) is 5.92 Å². The molecule has 1 amide bonds. The van der Waals surface area contributed by atoms with Crippen LogP contribution in [0.15, 0.2) is 12.2 Å². The quantitative estimate of drug-likeness (QED) is 0.761. The highest BCUT2D eigenvalue weighted by Gasteiger charge is 2.22. The highest BCUT2D eigenvalue weighted by Crippen LogP contribution is 2.19. The molecule has 0 saturated carbocycles. The number of nitrogens with zero attached hydrogens (tertiary/aromatic N) is 2. The number of rotatable bonds is 5. The first kappa shape index (κ1) is 15.7. The third-order valence-corrected chi connectivity index (χ3v) is 3.72. The number of carboxylic acids is 1. The van der Waals surface area contributed by atoms with E-state index in [1.54, 1.807) is 4.90 Å². The molecule has 0 aromatic carbocycles. The van der Waals surface area contributed by atoms with Gasteiger partial charge in [0.15, 0.2) is 0 Å². The first-order valence-corrected chi connectivity index (χ1v) is 6.80. The third kappa shape index (κ3) is 5.42. The summed E-state index contributed by atoms with van der Waals surface area (Å²) >= 11 is 0. The van der Waals surface area contributed by atoms with Crippen LogP contribution >= 0.6 is 0 Å². The molecular weight excluding hydrogens is 244 g/mol. The van der Waals surface area contributed by atoms with Crippen LogP contribution in [0.25, 0.3) is 0 Å². The Labute approximate surface area is 114 Å². The second-order valence-corrected chi connectivity index (χ2v) is 5.47. The Morgan fingerprint density at radius 2 is 1.89 bits per heavy atom. The van der Waals surface area contributed by atoms with Crippen molar-refractivity contribution >= 4 is 11.9 Å². The van der Waals surface area contributed by atoms with E-state index in [0.717, 1.165) is 44.6 Å². The molecule has 1 saturated heterocycles. The molecule has 0 unspecified atom stereocenters. The summed E-state index contributed by atoms with van der Waals surface area (Å²) in [7, 11) is 2.12. The zero-order chi connectivity index (χ0) is 14.4. The molecule has 1 N–H and O–H groups in total. The molecule has 1 heterocycles. The predicted octanol–water partition coefficient (Wildman–Crippen LogP) is 1.21. The van der Waals surface area contributed by atoms with Crippen LogP contribution in [0.3, 0.4) is 0 Å². The topological polar surface area (TPSA) is 60.9 Å². The SMILES string of the molecule is CC(C)N(C)CC1CCN(C(=O)/C=C/C(=O)O)CC1. The molecule has 0 atom stereocenters. The zero-order valence-electron chi connectivity index (χ0n) is 12.0. The molecule has 19 heavy (non-hydrogen) atoms. The zero-order valence-corrected chi connectivity index (χ0v) is 12.0. The molecule has 0 bridgehead atoms. The molecule has 1 fully saturated rings. The van der Waals surface area contributed by atoms with E-state index in [1.165, 1.54) is 0 Å². The Morgan fingerprint density at radius 1 is 1.32 bits per heavy atom. The summed E-state index contributed by atoms with van der Waals surface area (Å²) in [6, 6.07) is 0.540. The summed E-state index contributed by atoms with van der Waals surface area (Å²) in [6.45, 7) is 6.86. The van der Waals surface area contributed by atoms with Gasteiger partial charge in [0, 0.05) is 37.8 Å². The standard InChI is InChI=1S/C14H24N2O3/c1-11(2)15(3)10-12-6-8-16(9-7-12)13(17)4-5-14(18)19/h4-5,11-12H,6-10H2,1-3H3,(H,18,19)/b5-4+. The minimum Gasteiger partial charge on any atom is -0.478 e. The van der Waals surface area contributed by atoms with Gasteiger partial charge in [-0.15, -0.1) is 0 Å². The van der Waals surface area contributed by atoms with E-state index in [-0.39, 0.29) is 5.91 Å². The fourth-order valence-electron chi connectivity index (χ4n) is 2.20. The summed E-state index contributed by atoms with van der Waals surface area (Å²) < 4.78 is 0. The number of piperidine rings is 1. The van der Waals surface area contributed by atoms with E-state index in [4.69, 9.17) is 5.11 Å². The number of carboxylic acid groups (broad SMARTS) is 1. The molecule has 0 aromatic rings. The number of amides is 1. The van der Waals surface area contributed by atoms with Gasteiger partial charge in [-0.25, -0.2) is 4.79 Å². The van der Waals surface area contributed by atoms with Crippen molar-refractivity contribution < 1.29 is 14.7 Å². The number of hydrogen-bond donors (Lipinski definition) is 1. The van der Waals surface area contributed by atoms with Crippen molar-refractivity contribution in [3.63, 3.8) is 0 Å². The lowest BCUT2D eigenvalue weighted by Crippen LogP contribution is -2.41. The monoisotopic (exact) mass is 268 g/mol. The molecule has 0 spiro atoms. The first-order valence-electron chi connectivity index (χ1n) is 6.80. The van der Waals surface area contributed by atoms with E-state index < -0.39 is 5.97 Å². The molecule has 5 nitrogen and oxygen atoms in total. The van der Waals surface area contributed by atoms with Crippen LogP contribution in [0.4, 0.5) is 0 Å². The molecule has 0 aliphatic carbocycles. The Hall–Kier alpha value is -1.36. The van der Waals surface area contributed by atoms with Crippen molar-refractivity contribution in [1.82, 2.24) is 9.80 Å². The van der Waals surface area contributed by atoms with Gasteiger partial charge < -0.3 is 14.9 Å². The van der Waals surface area contributed by atoms with Crippen molar-refractivity contribution in [1.29, 1.82) is 0 Å². The van der Waals surface area contributed by atoms with Gasteiger partial charge in [0.2, 0.25) is 5.91 Å². The van der Waals surface area contributed by atoms with Crippen molar-refractivity contribution in [3.05, 3.63) is 12.2 Å². The number of carbonyl (C=O) groups excluding carboxylic acids is 1. The largest absolute Gasteiger partial charge is 0.478 e. The van der Waals surface area contributed by atoms with Crippen molar-refractivity contribution in [2.45, 2.75) is 32.7 Å². The fraction of sp³-hybridized carbons (Fsp3) is 0.714. The lowest BCUT2D eigenvalue weighted by molar-refractivity contribution is -0.132. The van der Waals surface area contributed by atoms with Gasteiger partial charge in [0.1, 0.15) is 0 Å². The van der Waals surface area contributed by atoms with E-state index >= 15 is 0 Å². The lowest BCUT2D eigenvalue weighted by atomic mass is 9.96. The van der Waals surface area contributed by atoms with Gasteiger partial charge in [-0.1, -0.05) is 0 Å². The maximum absolute atomic E-state index is 11.7. The first-order chi connectivity index (χ1) is 8.90. The van der Waals surface area contributed by atoms with Crippen LogP contribution < -0.4 is 0 Å². The van der Waals surface area contributed by atoms with Crippen LogP contribution in [-0.2, 0) is 9.59 Å².